The third kappa shape index (κ3) is 5.52. The standard InChI is InChI=1S/C20H19F3N4O6S2/c1-27(33-19(28)20(21,22)23)35(29,30)11-5-6-17(34-4)14(7-11)26-18-12-8-15(31-2)16(32-3)9-13(12)24-10-25-18/h5-10H,1-4H3,(H,24,25,26). The van der Waals surface area contributed by atoms with Gasteiger partial charge in [-0.25, -0.2) is 23.2 Å². The van der Waals surface area contributed by atoms with E-state index in [1.807, 2.05) is 0 Å². The van der Waals surface area contributed by atoms with Crippen LogP contribution < -0.4 is 14.8 Å². The number of ether oxygens (including phenoxy) is 2. The van der Waals surface area contributed by atoms with E-state index in [0.29, 0.717) is 40.2 Å². The third-order valence-electron chi connectivity index (χ3n) is 4.64. The summed E-state index contributed by atoms with van der Waals surface area (Å²) in [6.45, 7) is 0. The number of fused-ring (bicyclic) bond motifs is 1. The van der Waals surface area contributed by atoms with Crippen LogP contribution in [-0.4, -0.2) is 62.5 Å². The van der Waals surface area contributed by atoms with Crippen LogP contribution in [0.15, 0.2) is 46.5 Å². The molecule has 0 aliphatic heterocycles. The third-order valence-corrected chi connectivity index (χ3v) is 7.04. The SMILES string of the molecule is COc1cc2ncnc(Nc3cc(S(=O)(=O)N(C)OC(=O)C(F)(F)F)ccc3SC)c2cc1OC. The molecule has 0 amide bonds. The minimum atomic E-state index is -5.36. The molecule has 0 fully saturated rings. The second-order valence-electron chi connectivity index (χ2n) is 6.72. The van der Waals surface area contributed by atoms with Crippen molar-refractivity contribution in [3.05, 3.63) is 36.7 Å². The summed E-state index contributed by atoms with van der Waals surface area (Å²) in [5, 5.41) is 3.56. The monoisotopic (exact) mass is 532 g/mol. The van der Waals surface area contributed by atoms with Gasteiger partial charge in [-0.3, -0.25) is 0 Å². The predicted molar refractivity (Wildman–Crippen MR) is 121 cm³/mol. The van der Waals surface area contributed by atoms with Gasteiger partial charge < -0.3 is 19.6 Å². The summed E-state index contributed by atoms with van der Waals surface area (Å²) in [6, 6.07) is 7.10. The Morgan fingerprint density at radius 3 is 2.34 bits per heavy atom. The molecule has 35 heavy (non-hydrogen) atoms. The molecule has 0 atom stereocenters. The summed E-state index contributed by atoms with van der Waals surface area (Å²) in [4.78, 5) is 23.6. The summed E-state index contributed by atoms with van der Waals surface area (Å²) in [6.07, 6.45) is -2.32. The Kier molecular flexibility index (Phi) is 7.62. The van der Waals surface area contributed by atoms with Crippen LogP contribution in [0, 0.1) is 0 Å². The summed E-state index contributed by atoms with van der Waals surface area (Å²) in [7, 11) is -1.00. The number of alkyl halides is 3. The van der Waals surface area contributed by atoms with Gasteiger partial charge >= 0.3 is 12.1 Å². The maximum absolute atomic E-state index is 12.8. The molecular weight excluding hydrogens is 513 g/mol. The van der Waals surface area contributed by atoms with E-state index in [9.17, 15) is 26.4 Å². The van der Waals surface area contributed by atoms with Gasteiger partial charge in [0, 0.05) is 23.4 Å². The maximum Gasteiger partial charge on any atom is 0.492 e. The number of aromatic nitrogens is 2. The first-order chi connectivity index (χ1) is 16.4. The van der Waals surface area contributed by atoms with E-state index in [-0.39, 0.29) is 10.2 Å². The molecule has 0 aliphatic rings. The molecule has 1 N–H and O–H groups in total. The van der Waals surface area contributed by atoms with Crippen LogP contribution >= 0.6 is 11.8 Å². The number of sulfonamides is 1. The second kappa shape index (κ2) is 10.1. The van der Waals surface area contributed by atoms with Crippen LogP contribution in [0.5, 0.6) is 11.5 Å². The van der Waals surface area contributed by atoms with Crippen molar-refractivity contribution in [1.82, 2.24) is 14.4 Å². The van der Waals surface area contributed by atoms with E-state index in [0.717, 1.165) is 0 Å². The van der Waals surface area contributed by atoms with E-state index < -0.39 is 27.1 Å². The fourth-order valence-electron chi connectivity index (χ4n) is 2.92. The molecule has 0 aliphatic carbocycles. The summed E-state index contributed by atoms with van der Waals surface area (Å²) < 4.78 is 73.5. The molecule has 3 rings (SSSR count). The molecule has 0 bridgehead atoms. The fourth-order valence-corrected chi connectivity index (χ4v) is 4.42. The number of carbonyl (C=O) groups is 1. The van der Waals surface area contributed by atoms with Gasteiger partial charge in [-0.2, -0.15) is 13.2 Å². The lowest BCUT2D eigenvalue weighted by molar-refractivity contribution is -0.219. The maximum atomic E-state index is 12.8. The van der Waals surface area contributed by atoms with Crippen LogP contribution in [0.4, 0.5) is 24.7 Å². The van der Waals surface area contributed by atoms with Gasteiger partial charge in [-0.1, -0.05) is 0 Å². The minimum absolute atomic E-state index is 0.141. The van der Waals surface area contributed by atoms with Gasteiger partial charge in [0.25, 0.3) is 10.0 Å². The number of carbonyl (C=O) groups excluding carboxylic acids is 1. The Hall–Kier alpha value is -3.30. The Balaban J connectivity index is 2.03. The van der Waals surface area contributed by atoms with E-state index in [2.05, 4.69) is 20.1 Å². The van der Waals surface area contributed by atoms with Gasteiger partial charge in [0.15, 0.2) is 11.5 Å². The van der Waals surface area contributed by atoms with Crippen LogP contribution in [0.3, 0.4) is 0 Å². The van der Waals surface area contributed by atoms with E-state index in [1.54, 1.807) is 18.4 Å². The Morgan fingerprint density at radius 2 is 1.74 bits per heavy atom. The molecule has 2 aromatic carbocycles. The topological polar surface area (TPSA) is 120 Å². The number of halogens is 3. The van der Waals surface area contributed by atoms with Crippen molar-refractivity contribution in [3.63, 3.8) is 0 Å². The average Bonchev–Trinajstić information content (AvgIpc) is 2.82. The van der Waals surface area contributed by atoms with Gasteiger partial charge in [0.2, 0.25) is 0 Å². The van der Waals surface area contributed by atoms with E-state index >= 15 is 0 Å². The van der Waals surface area contributed by atoms with Gasteiger partial charge in [-0.05, 0) is 35.0 Å². The zero-order chi connectivity index (χ0) is 26.0. The highest BCUT2D eigenvalue weighted by Gasteiger charge is 2.43. The number of hydrogen-bond donors (Lipinski definition) is 1. The zero-order valence-corrected chi connectivity index (χ0v) is 20.3. The number of benzene rings is 2. The first kappa shape index (κ1) is 26.3. The molecule has 3 aromatic rings. The van der Waals surface area contributed by atoms with Crippen molar-refractivity contribution in [1.29, 1.82) is 0 Å². The number of thioether (sulfide) groups is 1. The summed E-state index contributed by atoms with van der Waals surface area (Å²) >= 11 is 1.28. The summed E-state index contributed by atoms with van der Waals surface area (Å²) in [5.41, 5.74) is 0.789. The smallest absolute Gasteiger partial charge is 0.492 e. The number of hydroxylamine groups is 1. The number of nitrogens with one attached hydrogen (secondary N) is 1. The molecule has 1 heterocycles. The number of hydrogen-bond acceptors (Lipinski definition) is 10. The molecule has 0 spiro atoms. The minimum Gasteiger partial charge on any atom is -0.493 e. The van der Waals surface area contributed by atoms with Crippen LogP contribution in [0.1, 0.15) is 0 Å². The average molecular weight is 533 g/mol. The highest BCUT2D eigenvalue weighted by molar-refractivity contribution is 7.98. The van der Waals surface area contributed by atoms with Crippen molar-refractivity contribution in [2.75, 3.05) is 32.8 Å². The molecule has 0 unspecified atom stereocenters. The van der Waals surface area contributed by atoms with Crippen molar-refractivity contribution >= 4 is 50.2 Å². The highest BCUT2D eigenvalue weighted by Crippen LogP contribution is 2.36. The van der Waals surface area contributed by atoms with Crippen molar-refractivity contribution in [2.24, 2.45) is 0 Å². The highest BCUT2D eigenvalue weighted by atomic mass is 32.2. The largest absolute Gasteiger partial charge is 0.493 e. The lowest BCUT2D eigenvalue weighted by Crippen LogP contribution is -2.36. The normalized spacial score (nSPS) is 12.0. The first-order valence-corrected chi connectivity index (χ1v) is 12.2. The molecule has 0 radical (unpaired) electrons. The lowest BCUT2D eigenvalue weighted by Gasteiger charge is -2.19. The molecule has 0 saturated heterocycles. The molecule has 0 saturated carbocycles. The number of rotatable bonds is 8. The van der Waals surface area contributed by atoms with E-state index in [4.69, 9.17) is 9.47 Å². The fraction of sp³-hybridized carbons (Fsp3) is 0.250. The zero-order valence-electron chi connectivity index (χ0n) is 18.7. The van der Waals surface area contributed by atoms with Crippen molar-refractivity contribution in [2.45, 2.75) is 16.0 Å². The molecule has 15 heteroatoms. The number of methoxy groups -OCH3 is 2. The van der Waals surface area contributed by atoms with Gasteiger partial charge in [-0.15, -0.1) is 11.8 Å². The summed E-state index contributed by atoms with van der Waals surface area (Å²) in [5.74, 6) is -1.51. The number of anilines is 2. The van der Waals surface area contributed by atoms with Crippen molar-refractivity contribution < 1.29 is 40.7 Å². The van der Waals surface area contributed by atoms with Crippen LogP contribution in [0.2, 0.25) is 0 Å². The molecule has 188 valence electrons. The lowest BCUT2D eigenvalue weighted by atomic mass is 10.2. The number of nitrogens with zero attached hydrogens (tertiary/aromatic N) is 3. The molecular formula is C20H19F3N4O6S2. The molecule has 10 nitrogen and oxygen atoms in total. The van der Waals surface area contributed by atoms with E-state index in [1.165, 1.54) is 50.5 Å². The molecule has 1 aromatic heterocycles. The Labute approximate surface area is 202 Å². The quantitative estimate of drug-likeness (QED) is 0.339. The van der Waals surface area contributed by atoms with Crippen LogP contribution in [0.25, 0.3) is 10.9 Å². The second-order valence-corrected chi connectivity index (χ2v) is 9.51. The Bertz CT molecular complexity index is 1370. The predicted octanol–water partition coefficient (Wildman–Crippen LogP) is 3.75. The van der Waals surface area contributed by atoms with Crippen molar-refractivity contribution in [3.8, 4) is 11.5 Å². The first-order valence-electron chi connectivity index (χ1n) is 9.52. The van der Waals surface area contributed by atoms with Gasteiger partial charge in [0.1, 0.15) is 12.1 Å². The van der Waals surface area contributed by atoms with Gasteiger partial charge in [0.05, 0.1) is 30.3 Å². The van der Waals surface area contributed by atoms with Crippen LogP contribution in [-0.2, 0) is 19.7 Å². The Morgan fingerprint density at radius 1 is 1.09 bits per heavy atom.